The van der Waals surface area contributed by atoms with Crippen molar-refractivity contribution < 1.29 is 17.6 Å². The molecule has 5 nitrogen and oxygen atoms in total. The van der Waals surface area contributed by atoms with Crippen LogP contribution in [-0.2, 0) is 21.4 Å². The van der Waals surface area contributed by atoms with Crippen LogP contribution in [0.1, 0.15) is 24.1 Å². The fraction of sp³-hybridized carbons (Fsp3) is 0.174. The summed E-state index contributed by atoms with van der Waals surface area (Å²) in [5, 5.41) is 2.97. The molecule has 0 spiro atoms. The minimum absolute atomic E-state index is 0.00699. The Morgan fingerprint density at radius 1 is 1.03 bits per heavy atom. The Hall–Kier alpha value is -2.45. The molecule has 0 bridgehead atoms. The number of hydrogen-bond donors (Lipinski definition) is 1. The molecule has 168 valence electrons. The van der Waals surface area contributed by atoms with Gasteiger partial charge in [0.25, 0.3) is 0 Å². The topological polar surface area (TPSA) is 66.5 Å². The molecule has 3 rings (SSSR count). The zero-order valence-electron chi connectivity index (χ0n) is 17.1. The number of carbonyl (C=O) groups excluding carboxylic acids is 1. The Kier molecular flexibility index (Phi) is 7.90. The molecule has 32 heavy (non-hydrogen) atoms. The molecule has 0 saturated heterocycles. The minimum Gasteiger partial charge on any atom is -0.348 e. The number of amides is 1. The Morgan fingerprint density at radius 3 is 2.34 bits per heavy atom. The maximum absolute atomic E-state index is 13.4. The first kappa shape index (κ1) is 24.2. The quantitative estimate of drug-likeness (QED) is 0.467. The van der Waals surface area contributed by atoms with Crippen molar-refractivity contribution in [1.29, 1.82) is 0 Å². The van der Waals surface area contributed by atoms with Gasteiger partial charge in [-0.1, -0.05) is 65.7 Å². The highest BCUT2D eigenvalue weighted by Crippen LogP contribution is 2.28. The van der Waals surface area contributed by atoms with E-state index in [1.165, 1.54) is 30.3 Å². The number of hydrogen-bond acceptors (Lipinski definition) is 3. The molecule has 0 aliphatic carbocycles. The van der Waals surface area contributed by atoms with Crippen LogP contribution in [-0.4, -0.2) is 25.2 Å². The highest BCUT2D eigenvalue weighted by atomic mass is 35.5. The van der Waals surface area contributed by atoms with E-state index in [0.29, 0.717) is 11.1 Å². The lowest BCUT2D eigenvalue weighted by Gasteiger charge is -2.24. The third-order valence-electron chi connectivity index (χ3n) is 4.78. The van der Waals surface area contributed by atoms with Crippen molar-refractivity contribution in [3.05, 3.63) is 99.8 Å². The number of benzene rings is 3. The van der Waals surface area contributed by atoms with E-state index in [9.17, 15) is 17.6 Å². The van der Waals surface area contributed by atoms with Crippen LogP contribution in [0.4, 0.5) is 4.39 Å². The molecule has 0 aromatic heterocycles. The molecule has 0 heterocycles. The summed E-state index contributed by atoms with van der Waals surface area (Å²) in [6.07, 6.45) is 0. The lowest BCUT2D eigenvalue weighted by atomic mass is 10.1. The van der Waals surface area contributed by atoms with Gasteiger partial charge in [0.15, 0.2) is 0 Å². The fourth-order valence-corrected chi connectivity index (χ4v) is 5.23. The maximum atomic E-state index is 13.4. The van der Waals surface area contributed by atoms with E-state index in [0.717, 1.165) is 4.31 Å². The summed E-state index contributed by atoms with van der Waals surface area (Å²) in [5.74, 6) is -0.898. The van der Waals surface area contributed by atoms with Crippen LogP contribution in [0.25, 0.3) is 0 Å². The number of sulfonamides is 1. The first-order valence-electron chi connectivity index (χ1n) is 9.71. The average Bonchev–Trinajstić information content (AvgIpc) is 2.76. The molecule has 1 atom stereocenters. The van der Waals surface area contributed by atoms with Crippen LogP contribution in [0, 0.1) is 5.82 Å². The molecule has 0 unspecified atom stereocenters. The summed E-state index contributed by atoms with van der Waals surface area (Å²) in [6, 6.07) is 18.3. The first-order valence-corrected chi connectivity index (χ1v) is 11.9. The van der Waals surface area contributed by atoms with Crippen molar-refractivity contribution in [2.75, 3.05) is 6.54 Å². The zero-order chi connectivity index (χ0) is 23.3. The minimum atomic E-state index is -4.15. The number of carbonyl (C=O) groups is 1. The third kappa shape index (κ3) is 6.07. The summed E-state index contributed by atoms with van der Waals surface area (Å²) < 4.78 is 41.0. The molecule has 9 heteroatoms. The van der Waals surface area contributed by atoms with E-state index in [2.05, 4.69) is 5.32 Å². The van der Waals surface area contributed by atoms with Crippen molar-refractivity contribution in [3.8, 4) is 0 Å². The van der Waals surface area contributed by atoms with Gasteiger partial charge in [-0.25, -0.2) is 12.8 Å². The summed E-state index contributed by atoms with van der Waals surface area (Å²) in [7, 11) is -4.15. The van der Waals surface area contributed by atoms with Crippen LogP contribution in [0.15, 0.2) is 77.7 Å². The van der Waals surface area contributed by atoms with Gasteiger partial charge in [0.05, 0.1) is 17.6 Å². The molecule has 0 fully saturated rings. The SMILES string of the molecule is C[C@@H](NC(=O)CN(Cc1ccccc1)S(=O)(=O)c1cc(Cl)ccc1Cl)c1ccc(F)cc1. The number of rotatable bonds is 8. The standard InChI is InChI=1S/C23H21Cl2FN2O3S/c1-16(18-7-10-20(26)11-8-18)27-23(29)15-28(14-17-5-3-2-4-6-17)32(30,31)22-13-19(24)9-12-21(22)25/h2-13,16H,14-15H2,1H3,(H,27,29)/t16-/m1/s1. The zero-order valence-corrected chi connectivity index (χ0v) is 19.5. The number of halogens is 3. The van der Waals surface area contributed by atoms with Crippen LogP contribution in [0.5, 0.6) is 0 Å². The Morgan fingerprint density at radius 2 is 1.69 bits per heavy atom. The van der Waals surface area contributed by atoms with Gasteiger partial charge in [-0.15, -0.1) is 0 Å². The van der Waals surface area contributed by atoms with Gasteiger partial charge in [-0.2, -0.15) is 4.31 Å². The summed E-state index contributed by atoms with van der Waals surface area (Å²) >= 11 is 12.1. The highest BCUT2D eigenvalue weighted by molar-refractivity contribution is 7.89. The van der Waals surface area contributed by atoms with Crippen molar-refractivity contribution in [2.45, 2.75) is 24.4 Å². The van der Waals surface area contributed by atoms with Crippen LogP contribution in [0.2, 0.25) is 10.0 Å². The molecular formula is C23H21Cl2FN2O3S. The van der Waals surface area contributed by atoms with Crippen molar-refractivity contribution in [3.63, 3.8) is 0 Å². The molecule has 0 aliphatic rings. The molecule has 1 amide bonds. The molecule has 0 radical (unpaired) electrons. The van der Waals surface area contributed by atoms with Gasteiger partial charge in [0.2, 0.25) is 15.9 Å². The van der Waals surface area contributed by atoms with Gasteiger partial charge >= 0.3 is 0 Å². The van der Waals surface area contributed by atoms with Crippen LogP contribution >= 0.6 is 23.2 Å². The molecule has 1 N–H and O–H groups in total. The van der Waals surface area contributed by atoms with E-state index in [-0.39, 0.29) is 27.3 Å². The highest BCUT2D eigenvalue weighted by Gasteiger charge is 2.29. The van der Waals surface area contributed by atoms with Crippen molar-refractivity contribution in [1.82, 2.24) is 9.62 Å². The maximum Gasteiger partial charge on any atom is 0.245 e. The fourth-order valence-electron chi connectivity index (χ4n) is 3.11. The summed E-state index contributed by atoms with van der Waals surface area (Å²) in [4.78, 5) is 12.6. The number of nitrogens with one attached hydrogen (secondary N) is 1. The van der Waals surface area contributed by atoms with Gasteiger partial charge < -0.3 is 5.32 Å². The average molecular weight is 495 g/mol. The van der Waals surface area contributed by atoms with Gasteiger partial charge in [-0.05, 0) is 48.4 Å². The molecule has 3 aromatic carbocycles. The van der Waals surface area contributed by atoms with Gasteiger partial charge in [0, 0.05) is 11.6 Å². The smallest absolute Gasteiger partial charge is 0.245 e. The van der Waals surface area contributed by atoms with E-state index >= 15 is 0 Å². The van der Waals surface area contributed by atoms with Gasteiger partial charge in [0.1, 0.15) is 10.7 Å². The largest absolute Gasteiger partial charge is 0.348 e. The Labute approximate surface area is 196 Å². The number of nitrogens with zero attached hydrogens (tertiary/aromatic N) is 1. The first-order chi connectivity index (χ1) is 15.2. The van der Waals surface area contributed by atoms with Crippen LogP contribution in [0.3, 0.4) is 0 Å². The Bertz CT molecular complexity index is 1190. The van der Waals surface area contributed by atoms with E-state index in [1.807, 2.05) is 6.07 Å². The molecule has 0 saturated carbocycles. The second-order valence-corrected chi connectivity index (χ2v) is 9.92. The molecule has 3 aromatic rings. The lowest BCUT2D eigenvalue weighted by molar-refractivity contribution is -0.122. The van der Waals surface area contributed by atoms with Gasteiger partial charge in [-0.3, -0.25) is 4.79 Å². The third-order valence-corrected chi connectivity index (χ3v) is 7.29. The summed E-state index contributed by atoms with van der Waals surface area (Å²) in [6.45, 7) is 1.25. The van der Waals surface area contributed by atoms with E-state index in [4.69, 9.17) is 23.2 Å². The predicted octanol–water partition coefficient (Wildman–Crippen LogP) is 5.20. The predicted molar refractivity (Wildman–Crippen MR) is 123 cm³/mol. The normalized spacial score (nSPS) is 12.5. The van der Waals surface area contributed by atoms with Crippen LogP contribution < -0.4 is 5.32 Å². The lowest BCUT2D eigenvalue weighted by Crippen LogP contribution is -2.41. The Balaban J connectivity index is 1.86. The monoisotopic (exact) mass is 494 g/mol. The van der Waals surface area contributed by atoms with E-state index < -0.39 is 28.5 Å². The second kappa shape index (κ2) is 10.4. The van der Waals surface area contributed by atoms with Crippen molar-refractivity contribution in [2.24, 2.45) is 0 Å². The van der Waals surface area contributed by atoms with E-state index in [1.54, 1.807) is 43.3 Å². The summed E-state index contributed by atoms with van der Waals surface area (Å²) in [5.41, 5.74) is 1.39. The molecular weight excluding hydrogens is 474 g/mol. The molecule has 0 aliphatic heterocycles. The van der Waals surface area contributed by atoms with Crippen molar-refractivity contribution >= 4 is 39.1 Å². The second-order valence-electron chi connectivity index (χ2n) is 7.17.